The van der Waals surface area contributed by atoms with Gasteiger partial charge in [-0.15, -0.1) is 0 Å². The maximum atomic E-state index is 10.7. The number of carbonyl (C=O) groups is 1. The molecule has 0 heterocycles. The molecule has 0 spiro atoms. The lowest BCUT2D eigenvalue weighted by atomic mass is 9.93. The molecule has 0 saturated carbocycles. The fourth-order valence-corrected chi connectivity index (χ4v) is 1.65. The monoisotopic (exact) mass is 264 g/mol. The van der Waals surface area contributed by atoms with Crippen LogP contribution >= 0.6 is 23.2 Å². The van der Waals surface area contributed by atoms with Gasteiger partial charge < -0.3 is 15.3 Å². The van der Waals surface area contributed by atoms with E-state index >= 15 is 0 Å². The highest BCUT2D eigenvalue weighted by molar-refractivity contribution is 6.35. The van der Waals surface area contributed by atoms with Crippen LogP contribution in [-0.4, -0.2) is 26.9 Å². The Bertz CT molecular complexity index is 417. The van der Waals surface area contributed by atoms with E-state index in [-0.39, 0.29) is 10.6 Å². The van der Waals surface area contributed by atoms with E-state index in [0.29, 0.717) is 5.02 Å². The first-order valence-corrected chi connectivity index (χ1v) is 5.11. The summed E-state index contributed by atoms with van der Waals surface area (Å²) in [5.41, 5.74) is -2.20. The second-order valence-electron chi connectivity index (χ2n) is 3.52. The summed E-state index contributed by atoms with van der Waals surface area (Å²) in [7, 11) is 0. The van der Waals surface area contributed by atoms with E-state index in [2.05, 4.69) is 0 Å². The van der Waals surface area contributed by atoms with Gasteiger partial charge in [0, 0.05) is 15.6 Å². The number of halogens is 2. The van der Waals surface area contributed by atoms with Gasteiger partial charge in [-0.1, -0.05) is 29.3 Å². The van der Waals surface area contributed by atoms with Gasteiger partial charge in [0.05, 0.1) is 0 Å². The van der Waals surface area contributed by atoms with Gasteiger partial charge in [0.15, 0.2) is 5.60 Å². The van der Waals surface area contributed by atoms with Gasteiger partial charge in [0.25, 0.3) is 0 Å². The highest BCUT2D eigenvalue weighted by Crippen LogP contribution is 2.32. The van der Waals surface area contributed by atoms with Crippen LogP contribution in [0.4, 0.5) is 0 Å². The molecule has 6 heteroatoms. The van der Waals surface area contributed by atoms with Crippen LogP contribution in [0.3, 0.4) is 0 Å². The minimum atomic E-state index is -2.31. The summed E-state index contributed by atoms with van der Waals surface area (Å²) in [5, 5.41) is 28.5. The first-order chi connectivity index (χ1) is 7.26. The number of carboxylic acid groups (broad SMARTS) is 1. The Kier molecular flexibility index (Phi) is 3.80. The van der Waals surface area contributed by atoms with Gasteiger partial charge in [-0.3, -0.25) is 0 Å². The summed E-state index contributed by atoms with van der Waals surface area (Å²) in [5.74, 6) is -1.54. The van der Waals surface area contributed by atoms with Crippen LogP contribution in [0.2, 0.25) is 10.0 Å². The lowest BCUT2D eigenvalue weighted by molar-refractivity contribution is -0.169. The second-order valence-corrected chi connectivity index (χ2v) is 4.36. The Morgan fingerprint density at radius 2 is 2.00 bits per heavy atom. The molecular formula is C10H10Cl2O4. The molecule has 0 aromatic heterocycles. The molecule has 0 bridgehead atoms. The van der Waals surface area contributed by atoms with E-state index in [4.69, 9.17) is 28.3 Å². The van der Waals surface area contributed by atoms with Gasteiger partial charge >= 0.3 is 5.97 Å². The largest absolute Gasteiger partial charge is 0.479 e. The summed E-state index contributed by atoms with van der Waals surface area (Å²) >= 11 is 11.4. The van der Waals surface area contributed by atoms with Crippen molar-refractivity contribution in [3.63, 3.8) is 0 Å². The molecule has 0 amide bonds. The summed E-state index contributed by atoms with van der Waals surface area (Å²) in [4.78, 5) is 10.7. The quantitative estimate of drug-likeness (QED) is 0.779. The molecular weight excluding hydrogens is 255 g/mol. The molecule has 16 heavy (non-hydrogen) atoms. The Labute approximate surface area is 102 Å². The maximum Gasteiger partial charge on any atom is 0.338 e. The molecule has 4 nitrogen and oxygen atoms in total. The third-order valence-electron chi connectivity index (χ3n) is 2.22. The first-order valence-electron chi connectivity index (χ1n) is 4.35. The number of benzene rings is 1. The molecule has 3 N–H and O–H groups in total. The van der Waals surface area contributed by atoms with E-state index in [9.17, 15) is 15.0 Å². The Balaban J connectivity index is 3.14. The summed E-state index contributed by atoms with van der Waals surface area (Å²) in [6.07, 6.45) is -1.63. The summed E-state index contributed by atoms with van der Waals surface area (Å²) in [6, 6.07) is 4.18. The molecule has 2 atom stereocenters. The Hall–Kier alpha value is -0.810. The fourth-order valence-electron chi connectivity index (χ4n) is 1.14. The SMILES string of the molecule is C[C@](O)(C(=O)O)[C@@H](O)c1ccc(Cl)cc1Cl. The van der Waals surface area contributed by atoms with E-state index in [1.165, 1.54) is 18.2 Å². The standard InChI is InChI=1S/C10H10Cl2O4/c1-10(16,9(14)15)8(13)6-3-2-5(11)4-7(6)12/h2-4,8,13,16H,1H3,(H,14,15)/t8-,10+/m0/s1. The molecule has 0 unspecified atom stereocenters. The molecule has 1 aromatic carbocycles. The zero-order chi connectivity index (χ0) is 12.5. The molecule has 0 aliphatic heterocycles. The molecule has 1 rings (SSSR count). The number of aliphatic hydroxyl groups excluding tert-OH is 1. The van der Waals surface area contributed by atoms with E-state index in [1.54, 1.807) is 0 Å². The zero-order valence-electron chi connectivity index (χ0n) is 8.32. The Morgan fingerprint density at radius 3 is 2.44 bits per heavy atom. The van der Waals surface area contributed by atoms with Crippen LogP contribution in [0.5, 0.6) is 0 Å². The normalized spacial score (nSPS) is 16.6. The van der Waals surface area contributed by atoms with Crippen LogP contribution in [-0.2, 0) is 4.79 Å². The van der Waals surface area contributed by atoms with Crippen molar-refractivity contribution in [3.05, 3.63) is 33.8 Å². The van der Waals surface area contributed by atoms with E-state index < -0.39 is 17.7 Å². The number of hydrogen-bond acceptors (Lipinski definition) is 3. The van der Waals surface area contributed by atoms with Crippen molar-refractivity contribution >= 4 is 29.2 Å². The fraction of sp³-hybridized carbons (Fsp3) is 0.300. The summed E-state index contributed by atoms with van der Waals surface area (Å²) in [6.45, 7) is 0.991. The summed E-state index contributed by atoms with van der Waals surface area (Å²) < 4.78 is 0. The van der Waals surface area contributed by atoms with Gasteiger partial charge in [-0.05, 0) is 19.1 Å². The average molecular weight is 265 g/mol. The van der Waals surface area contributed by atoms with Crippen molar-refractivity contribution in [2.24, 2.45) is 0 Å². The van der Waals surface area contributed by atoms with Gasteiger partial charge in [-0.2, -0.15) is 0 Å². The molecule has 0 radical (unpaired) electrons. The number of carboxylic acids is 1. The highest BCUT2D eigenvalue weighted by Gasteiger charge is 2.40. The number of aliphatic hydroxyl groups is 2. The highest BCUT2D eigenvalue weighted by atomic mass is 35.5. The average Bonchev–Trinajstić information content (AvgIpc) is 2.16. The minimum Gasteiger partial charge on any atom is -0.479 e. The number of aliphatic carboxylic acids is 1. The zero-order valence-corrected chi connectivity index (χ0v) is 9.83. The van der Waals surface area contributed by atoms with Crippen molar-refractivity contribution in [2.45, 2.75) is 18.6 Å². The predicted octanol–water partition coefficient (Wildman–Crippen LogP) is 1.86. The van der Waals surface area contributed by atoms with E-state index in [1.807, 2.05) is 0 Å². The van der Waals surface area contributed by atoms with Crippen LogP contribution < -0.4 is 0 Å². The number of rotatable bonds is 3. The molecule has 0 aliphatic carbocycles. The third kappa shape index (κ3) is 2.47. The predicted molar refractivity (Wildman–Crippen MR) is 59.7 cm³/mol. The van der Waals surface area contributed by atoms with Crippen molar-refractivity contribution in [2.75, 3.05) is 0 Å². The lowest BCUT2D eigenvalue weighted by Crippen LogP contribution is -2.41. The molecule has 0 fully saturated rings. The molecule has 88 valence electrons. The van der Waals surface area contributed by atoms with Gasteiger partial charge in [-0.25, -0.2) is 4.79 Å². The number of hydrogen-bond donors (Lipinski definition) is 3. The second kappa shape index (κ2) is 4.59. The maximum absolute atomic E-state index is 10.7. The molecule has 0 aliphatic rings. The van der Waals surface area contributed by atoms with Crippen molar-refractivity contribution in [3.8, 4) is 0 Å². The molecule has 0 saturated heterocycles. The van der Waals surface area contributed by atoms with Crippen LogP contribution in [0, 0.1) is 0 Å². The van der Waals surface area contributed by atoms with E-state index in [0.717, 1.165) is 6.92 Å². The lowest BCUT2D eigenvalue weighted by Gasteiger charge is -2.25. The van der Waals surface area contributed by atoms with Crippen LogP contribution in [0.1, 0.15) is 18.6 Å². The Morgan fingerprint density at radius 1 is 1.44 bits per heavy atom. The van der Waals surface area contributed by atoms with Crippen LogP contribution in [0.25, 0.3) is 0 Å². The smallest absolute Gasteiger partial charge is 0.338 e. The van der Waals surface area contributed by atoms with Gasteiger partial charge in [0.2, 0.25) is 0 Å². The van der Waals surface area contributed by atoms with Crippen molar-refractivity contribution in [1.82, 2.24) is 0 Å². The first kappa shape index (κ1) is 13.3. The molecule has 1 aromatic rings. The topological polar surface area (TPSA) is 77.8 Å². The van der Waals surface area contributed by atoms with Crippen LogP contribution in [0.15, 0.2) is 18.2 Å². The minimum absolute atomic E-state index is 0.0986. The van der Waals surface area contributed by atoms with Gasteiger partial charge in [0.1, 0.15) is 6.10 Å². The third-order valence-corrected chi connectivity index (χ3v) is 2.78. The van der Waals surface area contributed by atoms with Crippen molar-refractivity contribution in [1.29, 1.82) is 0 Å². The van der Waals surface area contributed by atoms with Crippen molar-refractivity contribution < 1.29 is 20.1 Å².